The van der Waals surface area contributed by atoms with E-state index in [4.69, 9.17) is 19.4 Å². The van der Waals surface area contributed by atoms with Gasteiger partial charge in [0.05, 0.1) is 11.1 Å². The average molecular weight is 332 g/mol. The van der Waals surface area contributed by atoms with Gasteiger partial charge in [0.2, 0.25) is 0 Å². The molecular formula is C16H15BClNO2S. The number of aliphatic hydroxyl groups excluding tert-OH is 1. The van der Waals surface area contributed by atoms with Gasteiger partial charge in [-0.3, -0.25) is 4.79 Å². The van der Waals surface area contributed by atoms with Crippen molar-refractivity contribution in [2.75, 3.05) is 13.1 Å². The lowest BCUT2D eigenvalue weighted by molar-refractivity contribution is 0.0546. The van der Waals surface area contributed by atoms with E-state index in [1.54, 1.807) is 17.0 Å². The van der Waals surface area contributed by atoms with Crippen LogP contribution in [0.3, 0.4) is 0 Å². The quantitative estimate of drug-likeness (QED) is 0.859. The van der Waals surface area contributed by atoms with E-state index >= 15 is 0 Å². The van der Waals surface area contributed by atoms with Crippen molar-refractivity contribution in [1.29, 1.82) is 0 Å². The number of carbonyl (C=O) groups is 1. The van der Waals surface area contributed by atoms with E-state index in [1.165, 1.54) is 11.3 Å². The second-order valence-electron chi connectivity index (χ2n) is 5.46. The van der Waals surface area contributed by atoms with Gasteiger partial charge in [-0.25, -0.2) is 0 Å². The van der Waals surface area contributed by atoms with Crippen LogP contribution in [0.4, 0.5) is 0 Å². The van der Waals surface area contributed by atoms with E-state index in [0.29, 0.717) is 42.0 Å². The Morgan fingerprint density at radius 3 is 2.64 bits per heavy atom. The predicted molar refractivity (Wildman–Crippen MR) is 91.3 cm³/mol. The molecule has 1 saturated heterocycles. The number of piperidine rings is 1. The van der Waals surface area contributed by atoms with Crippen molar-refractivity contribution in [3.63, 3.8) is 0 Å². The van der Waals surface area contributed by atoms with Gasteiger partial charge in [0, 0.05) is 29.1 Å². The van der Waals surface area contributed by atoms with Crippen molar-refractivity contribution in [2.24, 2.45) is 0 Å². The molecule has 2 aromatic rings. The summed E-state index contributed by atoms with van der Waals surface area (Å²) in [4.78, 5) is 15.2. The summed E-state index contributed by atoms with van der Waals surface area (Å²) in [5.74, 6) is -0.0361. The number of rotatable bonds is 2. The fraction of sp³-hybridized carbons (Fsp3) is 0.312. The Bertz CT molecular complexity index is 695. The van der Waals surface area contributed by atoms with Gasteiger partial charge in [-0.2, -0.15) is 0 Å². The zero-order chi connectivity index (χ0) is 15.7. The molecule has 1 fully saturated rings. The number of benzene rings is 1. The van der Waals surface area contributed by atoms with Gasteiger partial charge in [-0.05, 0) is 30.4 Å². The van der Waals surface area contributed by atoms with Crippen LogP contribution in [0.25, 0.3) is 10.4 Å². The lowest BCUT2D eigenvalue weighted by Gasteiger charge is -2.29. The molecule has 1 aromatic carbocycles. The van der Waals surface area contributed by atoms with Gasteiger partial charge < -0.3 is 10.0 Å². The van der Waals surface area contributed by atoms with E-state index in [-0.39, 0.29) is 12.0 Å². The third kappa shape index (κ3) is 3.22. The molecule has 1 amide bonds. The fourth-order valence-corrected chi connectivity index (χ4v) is 3.77. The number of hydrogen-bond donors (Lipinski definition) is 1. The van der Waals surface area contributed by atoms with E-state index in [9.17, 15) is 9.90 Å². The molecule has 1 aromatic heterocycles. The molecule has 6 heteroatoms. The first-order valence-electron chi connectivity index (χ1n) is 7.16. The Morgan fingerprint density at radius 1 is 1.32 bits per heavy atom. The van der Waals surface area contributed by atoms with Crippen LogP contribution in [0.2, 0.25) is 5.02 Å². The van der Waals surface area contributed by atoms with Gasteiger partial charge in [0.25, 0.3) is 5.91 Å². The van der Waals surface area contributed by atoms with Crippen molar-refractivity contribution >= 4 is 42.2 Å². The second-order valence-corrected chi connectivity index (χ2v) is 6.78. The van der Waals surface area contributed by atoms with Gasteiger partial charge in [0.15, 0.2) is 0 Å². The van der Waals surface area contributed by atoms with Gasteiger partial charge in [-0.15, -0.1) is 11.3 Å². The first-order chi connectivity index (χ1) is 10.5. The van der Waals surface area contributed by atoms with Crippen molar-refractivity contribution in [1.82, 2.24) is 4.90 Å². The smallest absolute Gasteiger partial charge is 0.253 e. The molecule has 0 unspecified atom stereocenters. The third-order valence-corrected chi connectivity index (χ3v) is 5.15. The lowest BCUT2D eigenvalue weighted by atomic mass is 9.99. The summed E-state index contributed by atoms with van der Waals surface area (Å²) < 4.78 is 0. The van der Waals surface area contributed by atoms with E-state index in [0.717, 1.165) is 10.4 Å². The van der Waals surface area contributed by atoms with Crippen LogP contribution in [-0.2, 0) is 0 Å². The molecule has 2 heterocycles. The minimum atomic E-state index is -0.292. The van der Waals surface area contributed by atoms with Crippen LogP contribution >= 0.6 is 22.9 Å². The Morgan fingerprint density at radius 2 is 2.05 bits per heavy atom. The highest BCUT2D eigenvalue weighted by Gasteiger charge is 2.22. The molecule has 22 heavy (non-hydrogen) atoms. The van der Waals surface area contributed by atoms with Gasteiger partial charge in [-0.1, -0.05) is 29.2 Å². The maximum Gasteiger partial charge on any atom is 0.253 e. The van der Waals surface area contributed by atoms with E-state index in [1.807, 2.05) is 17.5 Å². The van der Waals surface area contributed by atoms with Crippen LogP contribution < -0.4 is 5.46 Å². The summed E-state index contributed by atoms with van der Waals surface area (Å²) in [7, 11) is 5.74. The topological polar surface area (TPSA) is 40.5 Å². The zero-order valence-corrected chi connectivity index (χ0v) is 13.5. The van der Waals surface area contributed by atoms with Crippen molar-refractivity contribution in [3.05, 3.63) is 40.2 Å². The number of carbonyl (C=O) groups excluding carboxylic acids is 1. The standard InChI is InChI=1S/C16H15BClNO2S/c17-11-8-15(22-9-11)13-2-1-10(7-14(13)18)16(21)19-5-3-12(20)4-6-19/h1-2,7-9,12,20H,3-6H2. The minimum absolute atomic E-state index is 0.0361. The van der Waals surface area contributed by atoms with Crippen LogP contribution in [0.15, 0.2) is 29.6 Å². The monoisotopic (exact) mass is 331 g/mol. The van der Waals surface area contributed by atoms with Crippen molar-refractivity contribution in [3.8, 4) is 10.4 Å². The largest absolute Gasteiger partial charge is 0.393 e. The SMILES string of the molecule is [B]c1csc(-c2ccc(C(=O)N3CCC(O)CC3)cc2Cl)c1. The molecule has 0 atom stereocenters. The van der Waals surface area contributed by atoms with Crippen LogP contribution in [-0.4, -0.2) is 43.0 Å². The molecule has 0 bridgehead atoms. The second kappa shape index (κ2) is 6.45. The summed E-state index contributed by atoms with van der Waals surface area (Å²) in [6.07, 6.45) is 0.970. The molecule has 1 aliphatic rings. The van der Waals surface area contributed by atoms with E-state index in [2.05, 4.69) is 0 Å². The molecule has 112 valence electrons. The highest BCUT2D eigenvalue weighted by molar-refractivity contribution is 7.14. The zero-order valence-electron chi connectivity index (χ0n) is 12.0. The first-order valence-corrected chi connectivity index (χ1v) is 8.41. The molecule has 0 spiro atoms. The molecule has 0 aliphatic carbocycles. The fourth-order valence-electron chi connectivity index (χ4n) is 2.59. The highest BCUT2D eigenvalue weighted by Crippen LogP contribution is 2.31. The van der Waals surface area contributed by atoms with Crippen LogP contribution in [0, 0.1) is 0 Å². The molecular weight excluding hydrogens is 317 g/mol. The molecule has 0 saturated carbocycles. The number of hydrogen-bond acceptors (Lipinski definition) is 3. The van der Waals surface area contributed by atoms with Gasteiger partial charge in [0.1, 0.15) is 7.85 Å². The maximum atomic E-state index is 12.5. The molecule has 1 aliphatic heterocycles. The predicted octanol–water partition coefficient (Wildman–Crippen LogP) is 2.46. The maximum absolute atomic E-state index is 12.5. The number of thiophene rings is 1. The third-order valence-electron chi connectivity index (χ3n) is 3.85. The van der Waals surface area contributed by atoms with Crippen molar-refractivity contribution < 1.29 is 9.90 Å². The molecule has 2 radical (unpaired) electrons. The van der Waals surface area contributed by atoms with E-state index < -0.39 is 0 Å². The molecule has 3 rings (SSSR count). The Balaban J connectivity index is 1.81. The molecule has 1 N–H and O–H groups in total. The Kier molecular flexibility index (Phi) is 4.57. The van der Waals surface area contributed by atoms with Crippen molar-refractivity contribution in [2.45, 2.75) is 18.9 Å². The number of aliphatic hydroxyl groups is 1. The van der Waals surface area contributed by atoms with Crippen LogP contribution in [0.5, 0.6) is 0 Å². The normalized spacial score (nSPS) is 16.0. The number of nitrogens with zero attached hydrogens (tertiary/aromatic N) is 1. The summed E-state index contributed by atoms with van der Waals surface area (Å²) >= 11 is 7.86. The Labute approximate surface area is 139 Å². The average Bonchev–Trinajstić information content (AvgIpc) is 2.93. The summed E-state index contributed by atoms with van der Waals surface area (Å²) in [5.41, 5.74) is 2.17. The van der Waals surface area contributed by atoms with Crippen LogP contribution in [0.1, 0.15) is 23.2 Å². The Hall–Kier alpha value is -1.30. The minimum Gasteiger partial charge on any atom is -0.393 e. The first kappa shape index (κ1) is 15.6. The summed E-state index contributed by atoms with van der Waals surface area (Å²) in [5, 5.41) is 11.9. The number of amides is 1. The highest BCUT2D eigenvalue weighted by atomic mass is 35.5. The summed E-state index contributed by atoms with van der Waals surface area (Å²) in [6, 6.07) is 7.24. The number of halogens is 1. The lowest BCUT2D eigenvalue weighted by Crippen LogP contribution is -2.40. The molecule has 3 nitrogen and oxygen atoms in total. The number of likely N-dealkylation sites (tertiary alicyclic amines) is 1. The summed E-state index contributed by atoms with van der Waals surface area (Å²) in [6.45, 7) is 1.17. The van der Waals surface area contributed by atoms with Gasteiger partial charge >= 0.3 is 0 Å².